The third-order valence-electron chi connectivity index (χ3n) is 4.67. The molecule has 5 rings (SSSR count). The molecule has 0 N–H and O–H groups in total. The van der Waals surface area contributed by atoms with E-state index in [0.29, 0.717) is 39.8 Å². The molecule has 8 nitrogen and oxygen atoms in total. The number of hydrogen-bond donors (Lipinski definition) is 0. The number of hydrogen-bond acceptors (Lipinski definition) is 6. The van der Waals surface area contributed by atoms with Crippen molar-refractivity contribution < 1.29 is 4.74 Å². The first-order chi connectivity index (χ1) is 14.2. The third kappa shape index (κ3) is 2.73. The Labute approximate surface area is 165 Å². The zero-order chi connectivity index (χ0) is 20.0. The van der Waals surface area contributed by atoms with Crippen LogP contribution in [0.25, 0.3) is 33.8 Å². The maximum absolute atomic E-state index is 13.5. The first-order valence-electron chi connectivity index (χ1n) is 9.00. The lowest BCUT2D eigenvalue weighted by Crippen LogP contribution is -2.20. The second kappa shape index (κ2) is 6.52. The molecule has 0 atom stereocenters. The molecular weight excluding hydrogens is 368 g/mol. The molecule has 0 saturated heterocycles. The van der Waals surface area contributed by atoms with Gasteiger partial charge >= 0.3 is 0 Å². The number of rotatable bonds is 3. The molecule has 29 heavy (non-hydrogen) atoms. The number of fused-ring (bicyclic) bond motifs is 2. The van der Waals surface area contributed by atoms with Crippen molar-refractivity contribution in [1.29, 1.82) is 0 Å². The van der Waals surface area contributed by atoms with Crippen LogP contribution in [-0.4, -0.2) is 36.2 Å². The second-order valence-corrected chi connectivity index (χ2v) is 6.50. The van der Waals surface area contributed by atoms with E-state index in [1.165, 1.54) is 4.57 Å². The largest absolute Gasteiger partial charge is 0.497 e. The predicted molar refractivity (Wildman–Crippen MR) is 108 cm³/mol. The molecule has 4 aromatic heterocycles. The van der Waals surface area contributed by atoms with Crippen molar-refractivity contribution in [1.82, 2.24) is 29.1 Å². The minimum absolute atomic E-state index is 0.235. The summed E-state index contributed by atoms with van der Waals surface area (Å²) in [6.45, 7) is 1.79. The summed E-state index contributed by atoms with van der Waals surface area (Å²) in [6.07, 6.45) is 3.33. The lowest BCUT2D eigenvalue weighted by Gasteiger charge is -2.11. The van der Waals surface area contributed by atoms with Gasteiger partial charge in [0, 0.05) is 18.0 Å². The maximum Gasteiger partial charge on any atom is 0.267 e. The van der Waals surface area contributed by atoms with E-state index < -0.39 is 0 Å². The summed E-state index contributed by atoms with van der Waals surface area (Å²) in [5, 5.41) is 4.91. The van der Waals surface area contributed by atoms with E-state index in [9.17, 15) is 4.79 Å². The van der Waals surface area contributed by atoms with Gasteiger partial charge in [-0.1, -0.05) is 18.2 Å². The molecule has 0 aliphatic heterocycles. The van der Waals surface area contributed by atoms with Gasteiger partial charge in [-0.25, -0.2) is 9.97 Å². The maximum atomic E-state index is 13.5. The second-order valence-electron chi connectivity index (χ2n) is 6.50. The van der Waals surface area contributed by atoms with Gasteiger partial charge in [-0.2, -0.15) is 9.50 Å². The highest BCUT2D eigenvalue weighted by Gasteiger charge is 2.19. The van der Waals surface area contributed by atoms with Crippen LogP contribution in [0.3, 0.4) is 0 Å². The fourth-order valence-electron chi connectivity index (χ4n) is 3.40. The first-order valence-corrected chi connectivity index (χ1v) is 9.00. The topological polar surface area (TPSA) is 87.2 Å². The molecule has 142 valence electrons. The molecule has 1 aromatic carbocycles. The van der Waals surface area contributed by atoms with Gasteiger partial charge in [-0.3, -0.25) is 9.36 Å². The summed E-state index contributed by atoms with van der Waals surface area (Å²) in [6, 6.07) is 14.7. The Balaban J connectivity index is 1.94. The van der Waals surface area contributed by atoms with Crippen LogP contribution in [0.5, 0.6) is 5.75 Å². The molecule has 5 aromatic rings. The zero-order valence-electron chi connectivity index (χ0n) is 15.8. The van der Waals surface area contributed by atoms with Crippen LogP contribution in [0.2, 0.25) is 0 Å². The van der Waals surface area contributed by atoms with Crippen molar-refractivity contribution in [2.75, 3.05) is 7.11 Å². The molecule has 0 saturated carbocycles. The first kappa shape index (κ1) is 17.1. The van der Waals surface area contributed by atoms with E-state index in [4.69, 9.17) is 4.74 Å². The number of pyridine rings is 2. The van der Waals surface area contributed by atoms with Crippen LogP contribution < -0.4 is 10.3 Å². The molecule has 8 heteroatoms. The van der Waals surface area contributed by atoms with E-state index in [-0.39, 0.29) is 5.56 Å². The number of aromatic nitrogens is 6. The van der Waals surface area contributed by atoms with Gasteiger partial charge in [0.1, 0.15) is 17.4 Å². The summed E-state index contributed by atoms with van der Waals surface area (Å²) < 4.78 is 8.49. The molecule has 0 amide bonds. The number of aryl methyl sites for hydroxylation is 1. The monoisotopic (exact) mass is 384 g/mol. The Morgan fingerprint density at radius 2 is 1.93 bits per heavy atom. The van der Waals surface area contributed by atoms with Crippen molar-refractivity contribution in [3.05, 3.63) is 77.1 Å². The molecule has 0 fully saturated rings. The molecule has 0 aliphatic rings. The van der Waals surface area contributed by atoms with Gasteiger partial charge in [0.2, 0.25) is 0 Å². The van der Waals surface area contributed by atoms with Crippen molar-refractivity contribution in [2.24, 2.45) is 0 Å². The van der Waals surface area contributed by atoms with Gasteiger partial charge in [0.25, 0.3) is 11.3 Å². The summed E-state index contributed by atoms with van der Waals surface area (Å²) in [4.78, 5) is 26.8. The van der Waals surface area contributed by atoms with Gasteiger partial charge < -0.3 is 4.74 Å². The quantitative estimate of drug-likeness (QED) is 0.475. The number of nitrogens with zero attached hydrogens (tertiary/aromatic N) is 6. The Morgan fingerprint density at radius 1 is 1.03 bits per heavy atom. The van der Waals surface area contributed by atoms with Gasteiger partial charge in [0.15, 0.2) is 0 Å². The van der Waals surface area contributed by atoms with Crippen molar-refractivity contribution in [3.63, 3.8) is 0 Å². The standard InChI is InChI=1S/C21H16N6O2/c1-13-23-21-24-16-9-11-26(17-8-3-4-10-22-17)20(28)18(16)19(27(21)25-13)14-6-5-7-15(12-14)29-2/h3-12H,1-2H3. The summed E-state index contributed by atoms with van der Waals surface area (Å²) in [5.41, 5.74) is 1.70. The lowest BCUT2D eigenvalue weighted by atomic mass is 10.1. The lowest BCUT2D eigenvalue weighted by molar-refractivity contribution is 0.415. The highest BCUT2D eigenvalue weighted by Crippen LogP contribution is 2.29. The molecular formula is C21H16N6O2. The van der Waals surface area contributed by atoms with Crippen LogP contribution in [0, 0.1) is 6.92 Å². The molecule has 0 bridgehead atoms. The van der Waals surface area contributed by atoms with E-state index in [1.54, 1.807) is 49.1 Å². The molecule has 0 radical (unpaired) electrons. The predicted octanol–water partition coefficient (Wildman–Crippen LogP) is 2.81. The molecule has 4 heterocycles. The van der Waals surface area contributed by atoms with Gasteiger partial charge in [0.05, 0.1) is 23.7 Å². The smallest absolute Gasteiger partial charge is 0.267 e. The van der Waals surface area contributed by atoms with Crippen molar-refractivity contribution in [3.8, 4) is 22.8 Å². The van der Waals surface area contributed by atoms with Crippen LogP contribution >= 0.6 is 0 Å². The van der Waals surface area contributed by atoms with Crippen LogP contribution in [-0.2, 0) is 0 Å². The Bertz CT molecular complexity index is 1420. The van der Waals surface area contributed by atoms with Crippen molar-refractivity contribution >= 4 is 16.7 Å². The normalized spacial score (nSPS) is 11.2. The van der Waals surface area contributed by atoms with Crippen LogP contribution in [0.1, 0.15) is 5.82 Å². The number of ether oxygens (including phenoxy) is 1. The van der Waals surface area contributed by atoms with E-state index in [0.717, 1.165) is 5.56 Å². The van der Waals surface area contributed by atoms with E-state index in [1.807, 2.05) is 30.3 Å². The van der Waals surface area contributed by atoms with Crippen LogP contribution in [0.4, 0.5) is 0 Å². The fourth-order valence-corrected chi connectivity index (χ4v) is 3.40. The zero-order valence-corrected chi connectivity index (χ0v) is 15.8. The Hall–Kier alpha value is -4.07. The number of methoxy groups -OCH3 is 1. The van der Waals surface area contributed by atoms with Gasteiger partial charge in [-0.15, -0.1) is 5.10 Å². The SMILES string of the molecule is COc1cccc(-c2c3c(=O)n(-c4ccccn4)ccc3nc3nc(C)nn23)c1. The average molecular weight is 384 g/mol. The summed E-state index contributed by atoms with van der Waals surface area (Å²) in [7, 11) is 1.60. The summed E-state index contributed by atoms with van der Waals surface area (Å²) >= 11 is 0. The fraction of sp³-hybridized carbons (Fsp3) is 0.0952. The highest BCUT2D eigenvalue weighted by atomic mass is 16.5. The summed E-state index contributed by atoms with van der Waals surface area (Å²) in [5.74, 6) is 2.22. The van der Waals surface area contributed by atoms with Crippen LogP contribution in [0.15, 0.2) is 65.7 Å². The molecule has 0 spiro atoms. The minimum Gasteiger partial charge on any atom is -0.497 e. The average Bonchev–Trinajstić information content (AvgIpc) is 3.12. The van der Waals surface area contributed by atoms with Gasteiger partial charge in [-0.05, 0) is 37.3 Å². The van der Waals surface area contributed by atoms with Crippen molar-refractivity contribution in [2.45, 2.75) is 6.92 Å². The molecule has 0 unspecified atom stereocenters. The van der Waals surface area contributed by atoms with E-state index >= 15 is 0 Å². The Morgan fingerprint density at radius 3 is 2.72 bits per heavy atom. The number of benzene rings is 1. The molecule has 0 aliphatic carbocycles. The highest BCUT2D eigenvalue weighted by molar-refractivity contribution is 5.93. The third-order valence-corrected chi connectivity index (χ3v) is 4.67. The minimum atomic E-state index is -0.235. The Kier molecular flexibility index (Phi) is 3.83. The van der Waals surface area contributed by atoms with E-state index in [2.05, 4.69) is 20.1 Å².